The molecule has 1 N–H and O–H groups in total. The third-order valence-electron chi connectivity index (χ3n) is 5.17. The van der Waals surface area contributed by atoms with Crippen molar-refractivity contribution in [1.82, 2.24) is 19.4 Å². The first kappa shape index (κ1) is 23.3. The molecule has 1 saturated heterocycles. The Morgan fingerprint density at radius 3 is 2.48 bits per heavy atom. The fraction of sp³-hybridized carbons (Fsp3) is 0.318. The SMILES string of the molecule is Cc1ccc(-c2ccc(=O)n(CC(=O)NCc3ccc(S(=O)(=O)N4CCOCC4)cc3)n2)s1. The van der Waals surface area contributed by atoms with Crippen molar-refractivity contribution in [2.75, 3.05) is 26.3 Å². The van der Waals surface area contributed by atoms with Gasteiger partial charge in [-0.15, -0.1) is 11.3 Å². The van der Waals surface area contributed by atoms with Gasteiger partial charge < -0.3 is 10.1 Å². The molecule has 9 nitrogen and oxygen atoms in total. The van der Waals surface area contributed by atoms with Crippen molar-refractivity contribution in [2.45, 2.75) is 24.9 Å². The number of rotatable bonds is 7. The summed E-state index contributed by atoms with van der Waals surface area (Å²) in [5, 5.41) is 7.05. The van der Waals surface area contributed by atoms with E-state index in [9.17, 15) is 18.0 Å². The van der Waals surface area contributed by atoms with Gasteiger partial charge in [0.25, 0.3) is 5.56 Å². The Kier molecular flexibility index (Phi) is 7.03. The van der Waals surface area contributed by atoms with E-state index in [0.717, 1.165) is 20.0 Å². The first-order valence-corrected chi connectivity index (χ1v) is 12.7. The van der Waals surface area contributed by atoms with Gasteiger partial charge in [0, 0.05) is 30.6 Å². The molecule has 0 saturated carbocycles. The lowest BCUT2D eigenvalue weighted by Crippen LogP contribution is -2.40. The van der Waals surface area contributed by atoms with Gasteiger partial charge in [-0.1, -0.05) is 12.1 Å². The molecule has 0 unspecified atom stereocenters. The third-order valence-corrected chi connectivity index (χ3v) is 8.11. The molecule has 1 aliphatic heterocycles. The highest BCUT2D eigenvalue weighted by molar-refractivity contribution is 7.89. The van der Waals surface area contributed by atoms with Crippen LogP contribution in [0, 0.1) is 6.92 Å². The molecule has 1 amide bonds. The summed E-state index contributed by atoms with van der Waals surface area (Å²) in [5.41, 5.74) is 1.02. The van der Waals surface area contributed by atoms with E-state index in [1.165, 1.54) is 22.5 Å². The number of benzene rings is 1. The monoisotopic (exact) mass is 488 g/mol. The summed E-state index contributed by atoms with van der Waals surface area (Å²) in [6.45, 7) is 3.42. The molecule has 11 heteroatoms. The van der Waals surface area contributed by atoms with Crippen LogP contribution in [0.1, 0.15) is 10.4 Å². The fourth-order valence-electron chi connectivity index (χ4n) is 3.37. The van der Waals surface area contributed by atoms with Crippen LogP contribution in [0.5, 0.6) is 0 Å². The Bertz CT molecular complexity index is 1290. The summed E-state index contributed by atoms with van der Waals surface area (Å²) in [6.07, 6.45) is 0. The average Bonchev–Trinajstić information content (AvgIpc) is 3.26. The van der Waals surface area contributed by atoms with Crippen molar-refractivity contribution < 1.29 is 17.9 Å². The molecule has 2 aromatic heterocycles. The molecule has 0 radical (unpaired) electrons. The Morgan fingerprint density at radius 1 is 1.09 bits per heavy atom. The number of carbonyl (C=O) groups is 1. The maximum absolute atomic E-state index is 12.7. The molecule has 0 spiro atoms. The number of aryl methyl sites for hydroxylation is 1. The second kappa shape index (κ2) is 9.96. The summed E-state index contributed by atoms with van der Waals surface area (Å²) in [5.74, 6) is -0.367. The van der Waals surface area contributed by atoms with Gasteiger partial charge >= 0.3 is 0 Å². The number of sulfonamides is 1. The zero-order valence-electron chi connectivity index (χ0n) is 18.1. The second-order valence-corrected chi connectivity index (χ2v) is 10.8. The highest BCUT2D eigenvalue weighted by Gasteiger charge is 2.26. The van der Waals surface area contributed by atoms with E-state index in [0.29, 0.717) is 32.0 Å². The molecule has 1 aliphatic rings. The zero-order valence-corrected chi connectivity index (χ0v) is 19.7. The lowest BCUT2D eigenvalue weighted by Gasteiger charge is -2.26. The number of nitrogens with zero attached hydrogens (tertiary/aromatic N) is 3. The number of carbonyl (C=O) groups excluding carboxylic acids is 1. The average molecular weight is 489 g/mol. The zero-order chi connectivity index (χ0) is 23.4. The van der Waals surface area contributed by atoms with Crippen LogP contribution in [0.2, 0.25) is 0 Å². The summed E-state index contributed by atoms with van der Waals surface area (Å²) in [4.78, 5) is 26.8. The number of hydrogen-bond donors (Lipinski definition) is 1. The van der Waals surface area contributed by atoms with Crippen molar-refractivity contribution in [3.63, 3.8) is 0 Å². The van der Waals surface area contributed by atoms with Gasteiger partial charge in [0.1, 0.15) is 12.2 Å². The van der Waals surface area contributed by atoms with Crippen LogP contribution in [0.15, 0.2) is 58.2 Å². The molecule has 3 heterocycles. The standard InChI is InChI=1S/C22H24N4O5S2/c1-16-2-8-20(32-16)19-7-9-22(28)26(24-19)15-21(27)23-14-17-3-5-18(6-4-17)33(29,30)25-10-12-31-13-11-25/h2-9H,10-15H2,1H3,(H,23,27). The second-order valence-electron chi connectivity index (χ2n) is 7.56. The van der Waals surface area contributed by atoms with Crippen molar-refractivity contribution >= 4 is 27.3 Å². The molecular weight excluding hydrogens is 464 g/mol. The molecule has 4 rings (SSSR count). The Labute approximate surface area is 195 Å². The molecule has 0 bridgehead atoms. The Balaban J connectivity index is 1.37. The lowest BCUT2D eigenvalue weighted by molar-refractivity contribution is -0.122. The first-order valence-electron chi connectivity index (χ1n) is 10.4. The summed E-state index contributed by atoms with van der Waals surface area (Å²) in [6, 6.07) is 13.3. The smallest absolute Gasteiger partial charge is 0.267 e. The minimum absolute atomic E-state index is 0.204. The maximum Gasteiger partial charge on any atom is 0.267 e. The van der Waals surface area contributed by atoms with Gasteiger partial charge in [0.2, 0.25) is 15.9 Å². The van der Waals surface area contributed by atoms with Crippen LogP contribution < -0.4 is 10.9 Å². The lowest BCUT2D eigenvalue weighted by atomic mass is 10.2. The summed E-state index contributed by atoms with van der Waals surface area (Å²) < 4.78 is 33.1. The molecule has 33 heavy (non-hydrogen) atoms. The van der Waals surface area contributed by atoms with E-state index < -0.39 is 10.0 Å². The molecular formula is C22H24N4O5S2. The summed E-state index contributed by atoms with van der Waals surface area (Å²) >= 11 is 1.56. The van der Waals surface area contributed by atoms with Crippen LogP contribution in [0.4, 0.5) is 0 Å². The quantitative estimate of drug-likeness (QED) is 0.541. The number of nitrogens with one attached hydrogen (secondary N) is 1. The minimum atomic E-state index is -3.56. The van der Waals surface area contributed by atoms with Crippen molar-refractivity contribution in [2.24, 2.45) is 0 Å². The van der Waals surface area contributed by atoms with Crippen LogP contribution in [-0.2, 0) is 32.6 Å². The topological polar surface area (TPSA) is 111 Å². The predicted octanol–water partition coefficient (Wildman–Crippen LogP) is 1.62. The third kappa shape index (κ3) is 5.56. The van der Waals surface area contributed by atoms with E-state index in [2.05, 4.69) is 10.4 Å². The number of hydrogen-bond acceptors (Lipinski definition) is 7. The Morgan fingerprint density at radius 2 is 1.82 bits per heavy atom. The minimum Gasteiger partial charge on any atom is -0.379 e. The highest BCUT2D eigenvalue weighted by atomic mass is 32.2. The number of thiophene rings is 1. The Hall–Kier alpha value is -2.86. The fourth-order valence-corrected chi connectivity index (χ4v) is 5.61. The molecule has 3 aromatic rings. The first-order chi connectivity index (χ1) is 15.8. The van der Waals surface area contributed by atoms with Gasteiger partial charge in [0.15, 0.2) is 0 Å². The predicted molar refractivity (Wildman–Crippen MR) is 124 cm³/mol. The number of aromatic nitrogens is 2. The van der Waals surface area contributed by atoms with Crippen LogP contribution in [-0.4, -0.2) is 54.7 Å². The van der Waals surface area contributed by atoms with Crippen LogP contribution in [0.25, 0.3) is 10.6 Å². The number of morpholine rings is 1. The van der Waals surface area contributed by atoms with Gasteiger partial charge in [-0.05, 0) is 42.8 Å². The summed E-state index contributed by atoms with van der Waals surface area (Å²) in [7, 11) is -3.56. The number of amides is 1. The maximum atomic E-state index is 12.7. The van der Waals surface area contributed by atoms with Gasteiger partial charge in [-0.2, -0.15) is 9.40 Å². The van der Waals surface area contributed by atoms with E-state index >= 15 is 0 Å². The largest absolute Gasteiger partial charge is 0.379 e. The number of ether oxygens (including phenoxy) is 1. The van der Waals surface area contributed by atoms with Crippen molar-refractivity contribution in [3.8, 4) is 10.6 Å². The molecule has 174 valence electrons. The normalized spacial score (nSPS) is 14.8. The molecule has 1 fully saturated rings. The van der Waals surface area contributed by atoms with Crippen LogP contribution in [0.3, 0.4) is 0 Å². The van der Waals surface area contributed by atoms with Gasteiger partial charge in [0.05, 0.1) is 23.0 Å². The molecule has 0 atom stereocenters. The van der Waals surface area contributed by atoms with E-state index in [1.807, 2.05) is 19.1 Å². The molecule has 1 aromatic carbocycles. The van der Waals surface area contributed by atoms with Gasteiger partial charge in [-0.3, -0.25) is 9.59 Å². The van der Waals surface area contributed by atoms with E-state index in [1.54, 1.807) is 29.5 Å². The van der Waals surface area contributed by atoms with E-state index in [-0.39, 0.29) is 29.5 Å². The van der Waals surface area contributed by atoms with Crippen molar-refractivity contribution in [3.05, 3.63) is 69.3 Å². The van der Waals surface area contributed by atoms with Crippen molar-refractivity contribution in [1.29, 1.82) is 0 Å². The highest BCUT2D eigenvalue weighted by Crippen LogP contribution is 2.25. The van der Waals surface area contributed by atoms with E-state index in [4.69, 9.17) is 4.74 Å². The van der Waals surface area contributed by atoms with Crippen LogP contribution >= 0.6 is 11.3 Å². The molecule has 0 aliphatic carbocycles. The van der Waals surface area contributed by atoms with Gasteiger partial charge in [-0.25, -0.2) is 13.1 Å².